The van der Waals surface area contributed by atoms with E-state index >= 15 is 0 Å². The second kappa shape index (κ2) is 8.11. The van der Waals surface area contributed by atoms with Gasteiger partial charge in [0.1, 0.15) is 0 Å². The maximum absolute atomic E-state index is 2.40. The molecule has 0 aliphatic heterocycles. The Labute approximate surface area is 107 Å². The van der Waals surface area contributed by atoms with Crippen molar-refractivity contribution < 1.29 is 0 Å². The van der Waals surface area contributed by atoms with Crippen LogP contribution in [0.4, 0.5) is 0 Å². The van der Waals surface area contributed by atoms with E-state index in [4.69, 9.17) is 0 Å². The van der Waals surface area contributed by atoms with Crippen molar-refractivity contribution in [3.63, 3.8) is 0 Å². The van der Waals surface area contributed by atoms with Crippen molar-refractivity contribution >= 4 is 6.08 Å². The van der Waals surface area contributed by atoms with E-state index in [0.717, 1.165) is 0 Å². The average molecular weight is 230 g/mol. The van der Waals surface area contributed by atoms with Crippen LogP contribution in [0.25, 0.3) is 6.08 Å². The molecule has 0 aliphatic rings. The van der Waals surface area contributed by atoms with Crippen LogP contribution in [0.15, 0.2) is 24.3 Å². The van der Waals surface area contributed by atoms with E-state index in [1.807, 2.05) is 0 Å². The van der Waals surface area contributed by atoms with E-state index in [-0.39, 0.29) is 0 Å². The molecule has 0 unspecified atom stereocenters. The summed E-state index contributed by atoms with van der Waals surface area (Å²) in [7, 11) is 0. The van der Waals surface area contributed by atoms with Crippen LogP contribution in [0.2, 0.25) is 0 Å². The van der Waals surface area contributed by atoms with Crippen LogP contribution in [0.5, 0.6) is 0 Å². The van der Waals surface area contributed by atoms with Crippen molar-refractivity contribution in [3.8, 4) is 0 Å². The minimum Gasteiger partial charge on any atom is -0.0839 e. The quantitative estimate of drug-likeness (QED) is 0.588. The lowest BCUT2D eigenvalue weighted by Crippen LogP contribution is -1.92. The van der Waals surface area contributed by atoms with Crippen molar-refractivity contribution in [2.45, 2.75) is 59.3 Å². The van der Waals surface area contributed by atoms with E-state index in [1.165, 1.54) is 55.2 Å². The second-order valence-corrected chi connectivity index (χ2v) is 4.72. The maximum atomic E-state index is 2.40. The molecule has 0 radical (unpaired) electrons. The molecule has 0 nitrogen and oxygen atoms in total. The monoisotopic (exact) mass is 230 g/mol. The summed E-state index contributed by atoms with van der Waals surface area (Å²) in [5.74, 6) is 0. The molecule has 17 heavy (non-hydrogen) atoms. The fourth-order valence-electron chi connectivity index (χ4n) is 2.13. The largest absolute Gasteiger partial charge is 0.0839 e. The molecule has 94 valence electrons. The van der Waals surface area contributed by atoms with E-state index in [1.54, 1.807) is 0 Å². The van der Waals surface area contributed by atoms with Gasteiger partial charge in [-0.2, -0.15) is 0 Å². The minimum absolute atomic E-state index is 1.18. The Kier molecular flexibility index (Phi) is 6.69. The SMILES string of the molecule is CCCC=Cc1ccc(CCC)cc1CCC. The fraction of sp³-hybridized carbons (Fsp3) is 0.529. The lowest BCUT2D eigenvalue weighted by molar-refractivity contribution is 0.893. The van der Waals surface area contributed by atoms with Crippen LogP contribution >= 0.6 is 0 Å². The first-order valence-corrected chi connectivity index (χ1v) is 7.10. The predicted molar refractivity (Wildman–Crippen MR) is 78.4 cm³/mol. The molecule has 0 atom stereocenters. The Balaban J connectivity index is 2.87. The van der Waals surface area contributed by atoms with Crippen molar-refractivity contribution in [1.82, 2.24) is 0 Å². The highest BCUT2D eigenvalue weighted by Crippen LogP contribution is 2.17. The molecule has 1 aromatic rings. The molecule has 0 bridgehead atoms. The minimum atomic E-state index is 1.18. The standard InChI is InChI=1S/C17H26/c1-4-7-8-11-16-13-12-15(9-5-2)14-17(16)10-6-3/h8,11-14H,4-7,9-10H2,1-3H3. The molecule has 0 fully saturated rings. The van der Waals surface area contributed by atoms with Gasteiger partial charge in [-0.05, 0) is 36.0 Å². The van der Waals surface area contributed by atoms with Gasteiger partial charge in [-0.1, -0.05) is 70.4 Å². The lowest BCUT2D eigenvalue weighted by Gasteiger charge is -2.08. The molecule has 0 aromatic heterocycles. The summed E-state index contributed by atoms with van der Waals surface area (Å²) in [6.45, 7) is 6.72. The van der Waals surface area contributed by atoms with E-state index in [0.29, 0.717) is 0 Å². The highest BCUT2D eigenvalue weighted by Gasteiger charge is 2.00. The number of aryl methyl sites for hydroxylation is 2. The Morgan fingerprint density at radius 1 is 0.941 bits per heavy atom. The van der Waals surface area contributed by atoms with Crippen molar-refractivity contribution in [2.75, 3.05) is 0 Å². The third kappa shape index (κ3) is 4.77. The number of hydrogen-bond donors (Lipinski definition) is 0. The Bertz CT molecular complexity index is 347. The zero-order valence-electron chi connectivity index (χ0n) is 11.6. The van der Waals surface area contributed by atoms with Gasteiger partial charge in [0.2, 0.25) is 0 Å². The van der Waals surface area contributed by atoms with Crippen LogP contribution in [0.1, 0.15) is 63.1 Å². The molecule has 1 aromatic carbocycles. The summed E-state index contributed by atoms with van der Waals surface area (Å²) in [6.07, 6.45) is 11.9. The number of benzene rings is 1. The molecule has 0 heterocycles. The number of hydrogen-bond acceptors (Lipinski definition) is 0. The van der Waals surface area contributed by atoms with Gasteiger partial charge < -0.3 is 0 Å². The van der Waals surface area contributed by atoms with E-state index < -0.39 is 0 Å². The average Bonchev–Trinajstić information content (AvgIpc) is 2.33. The lowest BCUT2D eigenvalue weighted by atomic mass is 9.98. The molecule has 0 saturated carbocycles. The van der Waals surface area contributed by atoms with E-state index in [2.05, 4.69) is 51.1 Å². The van der Waals surface area contributed by atoms with Crippen LogP contribution < -0.4 is 0 Å². The van der Waals surface area contributed by atoms with Crippen LogP contribution in [-0.4, -0.2) is 0 Å². The Hall–Kier alpha value is -1.04. The second-order valence-electron chi connectivity index (χ2n) is 4.72. The molecule has 0 N–H and O–H groups in total. The zero-order valence-corrected chi connectivity index (χ0v) is 11.6. The summed E-state index contributed by atoms with van der Waals surface area (Å²) >= 11 is 0. The number of rotatable bonds is 7. The first-order valence-electron chi connectivity index (χ1n) is 7.10. The molecular weight excluding hydrogens is 204 g/mol. The van der Waals surface area contributed by atoms with Crippen molar-refractivity contribution in [2.24, 2.45) is 0 Å². The summed E-state index contributed by atoms with van der Waals surface area (Å²) < 4.78 is 0. The number of unbranched alkanes of at least 4 members (excludes halogenated alkanes) is 1. The molecule has 0 aliphatic carbocycles. The van der Waals surface area contributed by atoms with Crippen molar-refractivity contribution in [1.29, 1.82) is 0 Å². The first kappa shape index (κ1) is 14.0. The van der Waals surface area contributed by atoms with Crippen molar-refractivity contribution in [3.05, 3.63) is 41.0 Å². The van der Waals surface area contributed by atoms with Gasteiger partial charge in [0, 0.05) is 0 Å². The fourth-order valence-corrected chi connectivity index (χ4v) is 2.13. The normalized spacial score (nSPS) is 11.2. The zero-order chi connectivity index (χ0) is 12.5. The smallest absolute Gasteiger partial charge is 0.0228 e. The molecule has 0 amide bonds. The molecule has 0 saturated heterocycles. The Morgan fingerprint density at radius 3 is 2.35 bits per heavy atom. The highest BCUT2D eigenvalue weighted by atomic mass is 14.1. The summed E-state index contributed by atoms with van der Waals surface area (Å²) in [5, 5.41) is 0. The van der Waals surface area contributed by atoms with Gasteiger partial charge in [-0.3, -0.25) is 0 Å². The Morgan fingerprint density at radius 2 is 1.71 bits per heavy atom. The summed E-state index contributed by atoms with van der Waals surface area (Å²) in [6, 6.07) is 6.98. The van der Waals surface area contributed by atoms with Crippen LogP contribution in [0, 0.1) is 0 Å². The van der Waals surface area contributed by atoms with Crippen LogP contribution in [0.3, 0.4) is 0 Å². The highest BCUT2D eigenvalue weighted by molar-refractivity contribution is 5.54. The van der Waals surface area contributed by atoms with Gasteiger partial charge in [-0.25, -0.2) is 0 Å². The summed E-state index contributed by atoms with van der Waals surface area (Å²) in [5.41, 5.74) is 4.43. The van der Waals surface area contributed by atoms with Gasteiger partial charge >= 0.3 is 0 Å². The first-order chi connectivity index (χ1) is 8.31. The van der Waals surface area contributed by atoms with Gasteiger partial charge in [0.25, 0.3) is 0 Å². The molecule has 0 spiro atoms. The third-order valence-corrected chi connectivity index (χ3v) is 3.02. The molecular formula is C17H26. The topological polar surface area (TPSA) is 0 Å². The van der Waals surface area contributed by atoms with E-state index in [9.17, 15) is 0 Å². The molecule has 1 rings (SSSR count). The number of allylic oxidation sites excluding steroid dienone is 1. The predicted octanol–water partition coefficient (Wildman–Crippen LogP) is 5.40. The summed E-state index contributed by atoms with van der Waals surface area (Å²) in [4.78, 5) is 0. The molecule has 0 heteroatoms. The van der Waals surface area contributed by atoms with Gasteiger partial charge in [0.15, 0.2) is 0 Å². The maximum Gasteiger partial charge on any atom is -0.0228 e. The van der Waals surface area contributed by atoms with Gasteiger partial charge in [0.05, 0.1) is 0 Å². The third-order valence-electron chi connectivity index (χ3n) is 3.02. The van der Waals surface area contributed by atoms with Gasteiger partial charge in [-0.15, -0.1) is 0 Å². The van der Waals surface area contributed by atoms with Crippen LogP contribution in [-0.2, 0) is 12.8 Å².